The van der Waals surface area contributed by atoms with Crippen molar-refractivity contribution in [3.05, 3.63) is 251 Å². The maximum absolute atomic E-state index is 11.0. The van der Waals surface area contributed by atoms with Crippen molar-refractivity contribution in [2.24, 2.45) is 0 Å². The van der Waals surface area contributed by atoms with Gasteiger partial charge in [0.15, 0.2) is 0 Å². The van der Waals surface area contributed by atoms with Gasteiger partial charge in [0.25, 0.3) is 0 Å². The van der Waals surface area contributed by atoms with Crippen LogP contribution in [0.5, 0.6) is 0 Å². The molecule has 6 nitrogen and oxygen atoms in total. The minimum Gasteiger partial charge on any atom is -0.309 e. The quantitative estimate of drug-likeness (QED) is 0.160. The van der Waals surface area contributed by atoms with Crippen molar-refractivity contribution in [2.45, 2.75) is 157 Å². The van der Waals surface area contributed by atoms with Crippen LogP contribution in [-0.2, 0) is 32.5 Å². The SMILES string of the molecule is CC(C)(C)c1ccc2c(c1)c1cc(C(C)(C)C)ccc1n2-c1cccc(-c2cnc(-c3cccc(-n4c5ccc(C(C)(C)C)cc5c5cc(C(C)(C)C)ccc54)c3)c(-c3cccc(-n4c5ccc(C(C)(C)C)cc5c5cc(C(C)(C)C)ccc54)c3)c2-c2ccc(C#N)c(C#N)c2)c1. The molecule has 0 unspecified atom stereocenters. The molecule has 4 heterocycles. The predicted molar refractivity (Wildman–Crippen MR) is 411 cm³/mol. The number of pyridine rings is 1. The molecule has 0 aliphatic rings. The van der Waals surface area contributed by atoms with Crippen LogP contribution in [0.1, 0.15) is 169 Å². The van der Waals surface area contributed by atoms with Crippen molar-refractivity contribution < 1.29 is 0 Å². The average molecular weight is 1270 g/mol. The zero-order valence-electron chi connectivity index (χ0n) is 59.8. The molecule has 14 rings (SSSR count). The Labute approximate surface area is 573 Å². The third-order valence-corrected chi connectivity index (χ3v) is 20.3. The van der Waals surface area contributed by atoms with Gasteiger partial charge in [-0.05, 0) is 204 Å². The molecule has 0 bridgehead atoms. The van der Waals surface area contributed by atoms with E-state index in [1.807, 2.05) is 18.3 Å². The maximum Gasteiger partial charge on any atom is 0.101 e. The fraction of sp³-hybridized carbons (Fsp3) is 0.264. The highest BCUT2D eigenvalue weighted by atomic mass is 15.0. The van der Waals surface area contributed by atoms with Crippen LogP contribution in [0.15, 0.2) is 206 Å². The normalized spacial score (nSPS) is 12.8. The smallest absolute Gasteiger partial charge is 0.101 e. The zero-order valence-corrected chi connectivity index (χ0v) is 59.8. The average Bonchev–Trinajstić information content (AvgIpc) is 1.17. The fourth-order valence-corrected chi connectivity index (χ4v) is 14.5. The third-order valence-electron chi connectivity index (χ3n) is 20.3. The second kappa shape index (κ2) is 22.7. The van der Waals surface area contributed by atoms with Crippen LogP contribution in [0.25, 0.3) is 127 Å². The molecule has 0 spiro atoms. The summed E-state index contributed by atoms with van der Waals surface area (Å²) in [4.78, 5) is 5.76. The van der Waals surface area contributed by atoms with Crippen LogP contribution in [0, 0.1) is 22.7 Å². The van der Waals surface area contributed by atoms with Crippen LogP contribution in [-0.4, -0.2) is 18.7 Å². The lowest BCUT2D eigenvalue weighted by Crippen LogP contribution is -2.10. The van der Waals surface area contributed by atoms with Gasteiger partial charge in [0, 0.05) is 77.8 Å². The van der Waals surface area contributed by atoms with E-state index in [1.54, 1.807) is 6.07 Å². The van der Waals surface area contributed by atoms with Gasteiger partial charge in [-0.2, -0.15) is 10.5 Å². The van der Waals surface area contributed by atoms with E-state index in [4.69, 9.17) is 4.98 Å². The summed E-state index contributed by atoms with van der Waals surface area (Å²) in [5.41, 5.74) is 24.9. The van der Waals surface area contributed by atoms with E-state index < -0.39 is 0 Å². The molecule has 0 aliphatic carbocycles. The summed E-state index contributed by atoms with van der Waals surface area (Å²) < 4.78 is 7.28. The van der Waals surface area contributed by atoms with E-state index in [1.165, 1.54) is 65.7 Å². The Hall–Kier alpha value is -10.3. The molecule has 0 fully saturated rings. The van der Waals surface area contributed by atoms with Gasteiger partial charge in [-0.15, -0.1) is 0 Å². The van der Waals surface area contributed by atoms with E-state index in [0.717, 1.165) is 94.8 Å². The van der Waals surface area contributed by atoms with Crippen LogP contribution in [0.3, 0.4) is 0 Å². The van der Waals surface area contributed by atoms with Gasteiger partial charge in [-0.1, -0.05) is 203 Å². The first-order chi connectivity index (χ1) is 45.8. The molecule has 0 atom stereocenters. The standard InChI is InChI=1S/C91H88N6/c1-86(2,3)61-30-36-77-70(46-61)71-47-62(87(4,5)6)31-37-78(71)95(77)67-25-19-22-55(43-67)76-54-94-85(58-24-21-27-69(45-58)97-81-40-34-65(90(13,14)15)50-74(81)75-51-66(91(16,17)18)35-41-82(75)97)84(83(76)57-28-29-59(52-92)60(42-57)53-93)56-23-20-26-68(44-56)96-79-38-32-63(88(7,8)9)48-72(79)73-49-64(89(10,11)12)33-39-80(73)96/h19-51,54H,1-18H3. The van der Waals surface area contributed by atoms with Crippen molar-refractivity contribution in [1.29, 1.82) is 10.5 Å². The largest absolute Gasteiger partial charge is 0.309 e. The monoisotopic (exact) mass is 1260 g/mol. The Morgan fingerprint density at radius 2 is 0.567 bits per heavy atom. The van der Waals surface area contributed by atoms with Crippen molar-refractivity contribution in [3.63, 3.8) is 0 Å². The molecule has 0 saturated carbocycles. The first-order valence-corrected chi connectivity index (χ1v) is 34.4. The van der Waals surface area contributed by atoms with Crippen molar-refractivity contribution in [3.8, 4) is 73.8 Å². The summed E-state index contributed by atoms with van der Waals surface area (Å²) in [6, 6.07) is 79.2. The number of aromatic nitrogens is 4. The van der Waals surface area contributed by atoms with Crippen LogP contribution in [0.2, 0.25) is 0 Å². The molecule has 0 amide bonds. The van der Waals surface area contributed by atoms with E-state index >= 15 is 0 Å². The lowest BCUT2D eigenvalue weighted by Gasteiger charge is -2.22. The molecule has 482 valence electrons. The topological polar surface area (TPSA) is 75.3 Å². The number of benzene rings is 10. The molecule has 10 aromatic carbocycles. The molecule has 0 radical (unpaired) electrons. The number of rotatable bonds is 7. The van der Waals surface area contributed by atoms with Crippen molar-refractivity contribution in [1.82, 2.24) is 18.7 Å². The van der Waals surface area contributed by atoms with Crippen LogP contribution < -0.4 is 0 Å². The second-order valence-electron chi connectivity index (χ2n) is 33.3. The van der Waals surface area contributed by atoms with Gasteiger partial charge in [0.05, 0.1) is 49.9 Å². The first kappa shape index (κ1) is 64.1. The summed E-state index contributed by atoms with van der Waals surface area (Å²) in [6.45, 7) is 41.2. The van der Waals surface area contributed by atoms with Gasteiger partial charge in [0.1, 0.15) is 12.1 Å². The van der Waals surface area contributed by atoms with Gasteiger partial charge in [-0.25, -0.2) is 0 Å². The van der Waals surface area contributed by atoms with E-state index in [0.29, 0.717) is 11.1 Å². The van der Waals surface area contributed by atoms with E-state index in [9.17, 15) is 10.5 Å². The highest BCUT2D eigenvalue weighted by molar-refractivity contribution is 6.13. The maximum atomic E-state index is 11.0. The van der Waals surface area contributed by atoms with E-state index in [-0.39, 0.29) is 32.5 Å². The summed E-state index contributed by atoms with van der Waals surface area (Å²) in [5, 5.41) is 28.8. The molecule has 0 saturated heterocycles. The van der Waals surface area contributed by atoms with Gasteiger partial charge in [0.2, 0.25) is 0 Å². The Balaban J connectivity index is 1.07. The van der Waals surface area contributed by atoms with Crippen molar-refractivity contribution in [2.75, 3.05) is 0 Å². The minimum absolute atomic E-state index is 0.0527. The fourth-order valence-electron chi connectivity index (χ4n) is 14.5. The number of nitriles is 2. The highest BCUT2D eigenvalue weighted by Gasteiger charge is 2.29. The zero-order chi connectivity index (χ0) is 68.8. The Morgan fingerprint density at radius 3 is 0.887 bits per heavy atom. The van der Waals surface area contributed by atoms with Crippen molar-refractivity contribution >= 4 is 65.4 Å². The molecular weight excluding hydrogens is 1180 g/mol. The third kappa shape index (κ3) is 11.2. The number of hydrogen-bond donors (Lipinski definition) is 0. The van der Waals surface area contributed by atoms with Gasteiger partial charge in [-0.3, -0.25) is 4.98 Å². The second-order valence-corrected chi connectivity index (χ2v) is 33.3. The Morgan fingerprint density at radius 1 is 0.278 bits per heavy atom. The Bertz CT molecular complexity index is 5440. The summed E-state index contributed by atoms with van der Waals surface area (Å²) >= 11 is 0. The van der Waals surface area contributed by atoms with Crippen LogP contribution in [0.4, 0.5) is 0 Å². The number of nitrogens with zero attached hydrogens (tertiary/aromatic N) is 6. The predicted octanol–water partition coefficient (Wildman–Crippen LogP) is 24.6. The van der Waals surface area contributed by atoms with Gasteiger partial charge < -0.3 is 13.7 Å². The lowest BCUT2D eigenvalue weighted by atomic mass is 9.85. The molecule has 6 heteroatoms. The molecule has 0 N–H and O–H groups in total. The van der Waals surface area contributed by atoms with Gasteiger partial charge >= 0.3 is 0 Å². The summed E-state index contributed by atoms with van der Waals surface area (Å²) in [6.07, 6.45) is 2.04. The van der Waals surface area contributed by atoms with E-state index in [2.05, 4.69) is 332 Å². The Kier molecular flexibility index (Phi) is 15.0. The molecule has 4 aromatic heterocycles. The summed E-state index contributed by atoms with van der Waals surface area (Å²) in [7, 11) is 0. The number of fused-ring (bicyclic) bond motifs is 9. The highest BCUT2D eigenvalue weighted by Crippen LogP contribution is 2.49. The summed E-state index contributed by atoms with van der Waals surface area (Å²) in [5.74, 6) is 0. The molecule has 14 aromatic rings. The molecule has 0 aliphatic heterocycles. The van der Waals surface area contributed by atoms with Crippen LogP contribution >= 0.6 is 0 Å². The molecular formula is C91H88N6. The molecule has 97 heavy (non-hydrogen) atoms. The first-order valence-electron chi connectivity index (χ1n) is 34.4. The lowest BCUT2D eigenvalue weighted by molar-refractivity contribution is 0.590. The minimum atomic E-state index is -0.0639. The number of hydrogen-bond acceptors (Lipinski definition) is 3.